The number of carboxylic acid groups (broad SMARTS) is 1. The maximum absolute atomic E-state index is 12.4. The average Bonchev–Trinajstić information content (AvgIpc) is 1.87. The quantitative estimate of drug-likeness (QED) is 0.626. The average molecular weight is 326 g/mol. The van der Waals surface area contributed by atoms with Crippen molar-refractivity contribution in [2.45, 2.75) is 6.92 Å². The van der Waals surface area contributed by atoms with Crippen molar-refractivity contribution < 1.29 is 33.6 Å². The van der Waals surface area contributed by atoms with Gasteiger partial charge in [0.15, 0.2) is 0 Å². The molecule has 0 bridgehead atoms. The van der Waals surface area contributed by atoms with E-state index < -0.39 is 5.97 Å². The summed E-state index contributed by atoms with van der Waals surface area (Å²) in [5.74, 6) is -1.12. The third-order valence-electron chi connectivity index (χ3n) is 0.975. The zero-order valence-corrected chi connectivity index (χ0v) is 8.86. The molecule has 0 saturated carbocycles. The molecule has 2 nitrogen and oxygen atoms in total. The van der Waals surface area contributed by atoms with E-state index in [1.165, 1.54) is 13.0 Å². The predicted molar refractivity (Wildman–Crippen MR) is 36.6 cm³/mol. The van der Waals surface area contributed by atoms with Gasteiger partial charge < -0.3 is 0 Å². The number of aliphatic carboxylic acids is 1. The Bertz CT molecular complexity index is 243. The van der Waals surface area contributed by atoms with Crippen LogP contribution in [-0.2, 0) is 24.1 Å². The molecule has 0 spiro atoms. The van der Waals surface area contributed by atoms with Crippen LogP contribution in [-0.4, -0.2) is 15.2 Å². The summed E-state index contributed by atoms with van der Waals surface area (Å²) < 4.78 is 12.1. The van der Waals surface area contributed by atoms with Crippen molar-refractivity contribution >= 4 is 10.1 Å². The van der Waals surface area contributed by atoms with Crippen molar-refractivity contribution in [1.29, 1.82) is 0 Å². The topological polar surface area (TPSA) is 37.3 Å². The van der Waals surface area contributed by atoms with Crippen LogP contribution in [0.3, 0.4) is 0 Å². The number of halogens is 1. The first-order chi connectivity index (χ1) is 4.95. The van der Waals surface area contributed by atoms with Crippen LogP contribution in [0.25, 0.3) is 0 Å². The van der Waals surface area contributed by atoms with Crippen LogP contribution in [0.1, 0.15) is 6.92 Å². The summed E-state index contributed by atoms with van der Waals surface area (Å²) in [4.78, 5) is 10.2. The number of carbonyl (C=O) groups is 1. The second-order valence-corrected chi connectivity index (χ2v) is 3.22. The summed E-state index contributed by atoms with van der Waals surface area (Å²) in [6, 6.07) is 0. The summed E-state index contributed by atoms with van der Waals surface area (Å²) in [6.07, 6.45) is 1.21. The minimum absolute atomic E-state index is 0.0982. The van der Waals surface area contributed by atoms with Crippen LogP contribution < -0.4 is 0 Å². The molecule has 11 heavy (non-hydrogen) atoms. The van der Waals surface area contributed by atoms with Crippen LogP contribution in [0.5, 0.6) is 0 Å². The molecule has 0 radical (unpaired) electrons. The second kappa shape index (κ2) is 4.34. The molecule has 4 heteroatoms. The number of hydrogen-bond acceptors (Lipinski definition) is 1. The fourth-order valence-corrected chi connectivity index (χ4v) is 0.592. The summed E-state index contributed by atoms with van der Waals surface area (Å²) in [6.45, 7) is 4.74. The van der Waals surface area contributed by atoms with Gasteiger partial charge in [0.05, 0.1) is 0 Å². The first-order valence-corrected chi connectivity index (χ1v) is 4.22. The molecule has 60 valence electrons. The number of hydrogen-bond donors (Lipinski definition) is 1. The molecule has 0 aliphatic carbocycles. The number of carboxylic acids is 1. The van der Waals surface area contributed by atoms with Gasteiger partial charge in [0, 0.05) is 0 Å². The molecule has 0 saturated heterocycles. The molecule has 0 amide bonds. The van der Waals surface area contributed by atoms with E-state index in [2.05, 4.69) is 6.58 Å². The molecule has 0 aliphatic heterocycles. The maximum atomic E-state index is 12.4. The van der Waals surface area contributed by atoms with Gasteiger partial charge in [-0.3, -0.25) is 0 Å². The Morgan fingerprint density at radius 2 is 2.18 bits per heavy atom. The molecule has 0 unspecified atom stereocenters. The Morgan fingerprint density at radius 3 is 2.45 bits per heavy atom. The van der Waals surface area contributed by atoms with Crippen molar-refractivity contribution in [3.8, 4) is 0 Å². The van der Waals surface area contributed by atoms with E-state index >= 15 is 0 Å². The molecule has 0 aliphatic rings. The number of allylic oxidation sites excluding steroid dienone is 1. The van der Waals surface area contributed by atoms with Crippen molar-refractivity contribution in [3.63, 3.8) is 0 Å². The molecule has 0 aromatic rings. The van der Waals surface area contributed by atoms with Crippen molar-refractivity contribution in [1.82, 2.24) is 0 Å². The first kappa shape index (κ1) is 10.4. The van der Waals surface area contributed by atoms with Crippen LogP contribution in [0, 0.1) is 0 Å². The van der Waals surface area contributed by atoms with Gasteiger partial charge >= 0.3 is 74.5 Å². The molecular formula is C7H7FO2W. The second-order valence-electron chi connectivity index (χ2n) is 1.93. The summed E-state index contributed by atoms with van der Waals surface area (Å²) in [5.41, 5.74) is 0.228. The van der Waals surface area contributed by atoms with E-state index in [0.29, 0.717) is 24.9 Å². The molecule has 0 aromatic carbocycles. The molecular weight excluding hydrogens is 319 g/mol. The van der Waals surface area contributed by atoms with Crippen molar-refractivity contribution in [3.05, 3.63) is 23.8 Å². The Morgan fingerprint density at radius 1 is 1.73 bits per heavy atom. The van der Waals surface area contributed by atoms with E-state index in [0.717, 1.165) is 0 Å². The summed E-state index contributed by atoms with van der Waals surface area (Å²) in [5, 5.41) is 8.34. The third kappa shape index (κ3) is 3.99. The fraction of sp³-hybridized carbons (Fsp3) is 0.143. The Hall–Kier alpha value is -0.562. The SMILES string of the molecule is C=C(/C=C(/C)[C](F)=[W])C(=O)O. The standard InChI is InChI=1S/C7H7FO2.W/c1-5(4-8)3-6(2)7(9)10;/h3H,2H2,1H3,(H,9,10);/b5-3-;. The Labute approximate surface area is 74.8 Å². The Kier molecular flexibility index (Phi) is 4.12. The Balaban J connectivity index is 4.44. The van der Waals surface area contributed by atoms with Crippen molar-refractivity contribution in [2.75, 3.05) is 0 Å². The fourth-order valence-electron chi connectivity index (χ4n) is 0.380. The monoisotopic (exact) mass is 326 g/mol. The zero-order chi connectivity index (χ0) is 9.02. The van der Waals surface area contributed by atoms with Gasteiger partial charge in [-0.05, 0) is 0 Å². The molecule has 0 atom stereocenters. The molecule has 0 heterocycles. The first-order valence-electron chi connectivity index (χ1n) is 2.75. The van der Waals surface area contributed by atoms with E-state index in [1.54, 1.807) is 0 Å². The van der Waals surface area contributed by atoms with Gasteiger partial charge in [-0.25, -0.2) is 0 Å². The van der Waals surface area contributed by atoms with Gasteiger partial charge in [0.2, 0.25) is 0 Å². The summed E-state index contributed by atoms with van der Waals surface area (Å²) in [7, 11) is 0. The van der Waals surface area contributed by atoms with Gasteiger partial charge in [0.1, 0.15) is 0 Å². The van der Waals surface area contributed by atoms with Gasteiger partial charge in [-0.1, -0.05) is 0 Å². The van der Waals surface area contributed by atoms with E-state index in [-0.39, 0.29) is 9.72 Å². The molecule has 1 N–H and O–H groups in total. The van der Waals surface area contributed by atoms with Crippen LogP contribution in [0.2, 0.25) is 0 Å². The minimum atomic E-state index is -1.12. The van der Waals surface area contributed by atoms with E-state index in [9.17, 15) is 9.18 Å². The van der Waals surface area contributed by atoms with Gasteiger partial charge in [-0.15, -0.1) is 0 Å². The predicted octanol–water partition coefficient (Wildman–Crippen LogP) is 1.22. The summed E-state index contributed by atoms with van der Waals surface area (Å²) >= 11 is 0.687. The van der Waals surface area contributed by atoms with Gasteiger partial charge in [0.25, 0.3) is 0 Å². The van der Waals surface area contributed by atoms with Gasteiger partial charge in [-0.2, -0.15) is 0 Å². The molecule has 0 aromatic heterocycles. The van der Waals surface area contributed by atoms with Crippen LogP contribution >= 0.6 is 0 Å². The zero-order valence-electron chi connectivity index (χ0n) is 5.93. The molecule has 0 fully saturated rings. The normalized spacial score (nSPS) is 10.9. The molecule has 0 rings (SSSR count). The van der Waals surface area contributed by atoms with E-state index in [1.807, 2.05) is 0 Å². The van der Waals surface area contributed by atoms with Crippen molar-refractivity contribution in [2.24, 2.45) is 0 Å². The van der Waals surface area contributed by atoms with E-state index in [4.69, 9.17) is 5.11 Å². The van der Waals surface area contributed by atoms with Crippen LogP contribution in [0.4, 0.5) is 4.39 Å². The van der Waals surface area contributed by atoms with Crippen LogP contribution in [0.15, 0.2) is 23.8 Å². The number of rotatable bonds is 3. The third-order valence-corrected chi connectivity index (χ3v) is 2.13.